The largest absolute Gasteiger partial charge is 1.00 e. The molecule has 2 aromatic carbocycles. The van der Waals surface area contributed by atoms with Gasteiger partial charge in [0.1, 0.15) is 24.4 Å². The van der Waals surface area contributed by atoms with Gasteiger partial charge in [0, 0.05) is 59.5 Å². The Morgan fingerprint density at radius 1 is 0.892 bits per heavy atom. The minimum Gasteiger partial charge on any atom is -1.00 e. The molecule has 4 rings (SSSR count). The van der Waals surface area contributed by atoms with Gasteiger partial charge in [-0.3, -0.25) is 4.79 Å². The van der Waals surface area contributed by atoms with E-state index in [0.29, 0.717) is 12.1 Å². The molecule has 0 radical (unpaired) electrons. The topological polar surface area (TPSA) is 48.5 Å². The Morgan fingerprint density at radius 3 is 2.30 bits per heavy atom. The molecule has 5 nitrogen and oxygen atoms in total. The molecule has 0 spiro atoms. The predicted molar refractivity (Wildman–Crippen MR) is 151 cm³/mol. The lowest BCUT2D eigenvalue weighted by atomic mass is 9.90. The van der Waals surface area contributed by atoms with Gasteiger partial charge in [0.15, 0.2) is 0 Å². The zero-order valence-corrected chi connectivity index (χ0v) is 23.4. The quantitative estimate of drug-likeness (QED) is 0.273. The van der Waals surface area contributed by atoms with Crippen LogP contribution in [-0.2, 0) is 0 Å². The van der Waals surface area contributed by atoms with Gasteiger partial charge in [0.2, 0.25) is 5.36 Å². The first-order chi connectivity index (χ1) is 17.6. The first-order valence-corrected chi connectivity index (χ1v) is 13.3. The van der Waals surface area contributed by atoms with Crippen molar-refractivity contribution in [2.45, 2.75) is 41.0 Å². The van der Waals surface area contributed by atoms with Crippen LogP contribution >= 0.6 is 0 Å². The SMILES string of the molecule is CCCNC(=O)c1ccccc1-c1c2ccc(=[N+](CC)CC)cc-2oc2cc(N(CC)CC)ccc12.[Cl-]. The molecule has 1 aliphatic heterocycles. The van der Waals surface area contributed by atoms with Gasteiger partial charge in [0.05, 0.1) is 6.07 Å². The van der Waals surface area contributed by atoms with Crippen LogP contribution in [0.3, 0.4) is 0 Å². The molecule has 1 N–H and O–H groups in total. The number of benzene rings is 3. The second-order valence-corrected chi connectivity index (χ2v) is 8.98. The molecule has 0 saturated carbocycles. The average Bonchev–Trinajstić information content (AvgIpc) is 2.91. The number of fused-ring (bicyclic) bond motifs is 2. The number of nitrogens with one attached hydrogen (secondary N) is 1. The maximum Gasteiger partial charge on any atom is 0.251 e. The van der Waals surface area contributed by atoms with Crippen LogP contribution in [0.5, 0.6) is 0 Å². The molecule has 1 aliphatic carbocycles. The number of amides is 1. The molecule has 0 atom stereocenters. The van der Waals surface area contributed by atoms with Crippen LogP contribution in [0.1, 0.15) is 51.4 Å². The van der Waals surface area contributed by atoms with Crippen molar-refractivity contribution in [3.8, 4) is 22.5 Å². The minimum absolute atomic E-state index is 0. The summed E-state index contributed by atoms with van der Waals surface area (Å²) in [6.45, 7) is 15.1. The molecular weight excluding hydrogens is 482 g/mol. The zero-order valence-electron chi connectivity index (χ0n) is 22.6. The Morgan fingerprint density at radius 2 is 1.62 bits per heavy atom. The Bertz CT molecular complexity index is 1400. The fourth-order valence-electron chi connectivity index (χ4n) is 4.96. The van der Waals surface area contributed by atoms with Gasteiger partial charge in [-0.25, -0.2) is 4.58 Å². The molecule has 1 amide bonds. The smallest absolute Gasteiger partial charge is 0.251 e. The second-order valence-electron chi connectivity index (χ2n) is 8.98. The van der Waals surface area contributed by atoms with E-state index in [0.717, 1.165) is 77.1 Å². The van der Waals surface area contributed by atoms with E-state index in [4.69, 9.17) is 4.42 Å². The van der Waals surface area contributed by atoms with Crippen molar-refractivity contribution >= 4 is 22.6 Å². The third kappa shape index (κ3) is 5.67. The number of halogens is 1. The number of carbonyl (C=O) groups excluding carboxylic acids is 1. The lowest BCUT2D eigenvalue weighted by Gasteiger charge is -2.22. The molecular formula is C31H38ClN3O2. The van der Waals surface area contributed by atoms with Gasteiger partial charge in [-0.1, -0.05) is 25.1 Å². The summed E-state index contributed by atoms with van der Waals surface area (Å²) in [4.78, 5) is 15.5. The highest BCUT2D eigenvalue weighted by Crippen LogP contribution is 2.42. The molecule has 6 heteroatoms. The normalized spacial score (nSPS) is 10.8. The maximum atomic E-state index is 13.2. The number of hydrogen-bond donors (Lipinski definition) is 1. The number of rotatable bonds is 9. The number of hydrogen-bond acceptors (Lipinski definition) is 3. The number of nitrogens with zero attached hydrogens (tertiary/aromatic N) is 2. The fraction of sp³-hybridized carbons (Fsp3) is 0.355. The van der Waals surface area contributed by atoms with Crippen molar-refractivity contribution in [1.82, 2.24) is 9.89 Å². The monoisotopic (exact) mass is 519 g/mol. The van der Waals surface area contributed by atoms with Crippen LogP contribution in [0.4, 0.5) is 5.69 Å². The standard InChI is InChI=1S/C31H37N3O2.ClH/c1-6-19-32-31(35)25-14-12-11-13-24(25)30-26-17-15-22(33(7-2)8-3)20-28(26)36-29-21-23(16-18-27(29)30)34(9-4)10-5;/h11-18,20-21H,6-10,19H2,1-5H3;1H. The molecule has 0 unspecified atom stereocenters. The summed E-state index contributed by atoms with van der Waals surface area (Å²) >= 11 is 0. The van der Waals surface area contributed by atoms with Crippen LogP contribution in [0, 0.1) is 0 Å². The van der Waals surface area contributed by atoms with Gasteiger partial charge in [0.25, 0.3) is 5.91 Å². The summed E-state index contributed by atoms with van der Waals surface area (Å²) in [6.07, 6.45) is 0.895. The fourth-order valence-corrected chi connectivity index (χ4v) is 4.96. The van der Waals surface area contributed by atoms with Crippen LogP contribution < -0.4 is 32.6 Å². The lowest BCUT2D eigenvalue weighted by molar-refractivity contribution is -0.0000163. The van der Waals surface area contributed by atoms with Crippen molar-refractivity contribution in [3.63, 3.8) is 0 Å². The van der Waals surface area contributed by atoms with E-state index in [1.807, 2.05) is 24.3 Å². The highest BCUT2D eigenvalue weighted by atomic mass is 35.5. The number of anilines is 1. The van der Waals surface area contributed by atoms with Crippen LogP contribution in [0.25, 0.3) is 33.4 Å². The Balaban J connectivity index is 0.00000380. The summed E-state index contributed by atoms with van der Waals surface area (Å²) in [5.74, 6) is 0.774. The average molecular weight is 520 g/mol. The van der Waals surface area contributed by atoms with Gasteiger partial charge in [-0.15, -0.1) is 0 Å². The first kappa shape index (κ1) is 28.3. The summed E-state index contributed by atoms with van der Waals surface area (Å²) < 4.78 is 8.90. The van der Waals surface area contributed by atoms with Crippen molar-refractivity contribution in [2.24, 2.45) is 0 Å². The van der Waals surface area contributed by atoms with Crippen LogP contribution in [-0.4, -0.2) is 38.6 Å². The van der Waals surface area contributed by atoms with E-state index in [1.165, 1.54) is 0 Å². The van der Waals surface area contributed by atoms with Crippen molar-refractivity contribution in [3.05, 3.63) is 71.6 Å². The van der Waals surface area contributed by atoms with E-state index >= 15 is 0 Å². The van der Waals surface area contributed by atoms with Crippen LogP contribution in [0.15, 0.2) is 65.1 Å². The Kier molecular flexibility index (Phi) is 9.76. The molecule has 2 aromatic rings. The third-order valence-corrected chi connectivity index (χ3v) is 6.92. The van der Waals surface area contributed by atoms with E-state index in [-0.39, 0.29) is 18.3 Å². The van der Waals surface area contributed by atoms with Gasteiger partial charge in [-0.05, 0) is 63.9 Å². The van der Waals surface area contributed by atoms with Crippen molar-refractivity contribution < 1.29 is 21.6 Å². The van der Waals surface area contributed by atoms with E-state index in [9.17, 15) is 4.79 Å². The van der Waals surface area contributed by atoms with Gasteiger partial charge >= 0.3 is 0 Å². The summed E-state index contributed by atoms with van der Waals surface area (Å²) in [5, 5.41) is 5.20. The van der Waals surface area contributed by atoms with Gasteiger partial charge < -0.3 is 27.0 Å². The lowest BCUT2D eigenvalue weighted by Crippen LogP contribution is -3.00. The van der Waals surface area contributed by atoms with Gasteiger partial charge in [-0.2, -0.15) is 0 Å². The summed E-state index contributed by atoms with van der Waals surface area (Å²) in [7, 11) is 0. The molecule has 0 aromatic heterocycles. The zero-order chi connectivity index (χ0) is 25.7. The van der Waals surface area contributed by atoms with Crippen LogP contribution in [0.2, 0.25) is 0 Å². The molecule has 1 heterocycles. The minimum atomic E-state index is -0.0472. The predicted octanol–water partition coefficient (Wildman–Crippen LogP) is 3.01. The molecule has 2 aliphatic rings. The third-order valence-electron chi connectivity index (χ3n) is 6.92. The molecule has 196 valence electrons. The van der Waals surface area contributed by atoms with Crippen molar-refractivity contribution in [1.29, 1.82) is 0 Å². The summed E-state index contributed by atoms with van der Waals surface area (Å²) in [6, 6.07) is 20.8. The maximum absolute atomic E-state index is 13.2. The highest BCUT2D eigenvalue weighted by molar-refractivity contribution is 6.09. The van der Waals surface area contributed by atoms with E-state index in [2.05, 4.69) is 85.8 Å². The van der Waals surface area contributed by atoms with E-state index in [1.54, 1.807) is 0 Å². The second kappa shape index (κ2) is 12.8. The first-order valence-electron chi connectivity index (χ1n) is 13.3. The van der Waals surface area contributed by atoms with Crippen molar-refractivity contribution in [2.75, 3.05) is 37.6 Å². The molecule has 37 heavy (non-hydrogen) atoms. The highest BCUT2D eigenvalue weighted by Gasteiger charge is 2.22. The summed E-state index contributed by atoms with van der Waals surface area (Å²) in [5.41, 5.74) is 5.59. The molecule has 0 fully saturated rings. The van der Waals surface area contributed by atoms with E-state index < -0.39 is 0 Å². The Hall–Kier alpha value is -3.31. The number of carbonyl (C=O) groups is 1. The Labute approximate surface area is 226 Å². The molecule has 0 bridgehead atoms. The molecule has 0 saturated heterocycles.